The van der Waals surface area contributed by atoms with Crippen LogP contribution >= 0.6 is 34.5 Å². The van der Waals surface area contributed by atoms with Gasteiger partial charge in [0.05, 0.1) is 5.56 Å². The van der Waals surface area contributed by atoms with Gasteiger partial charge >= 0.3 is 0 Å². The molecule has 4 nitrogen and oxygen atoms in total. The number of hydrogen-bond donors (Lipinski definition) is 0. The number of rotatable bonds is 1. The minimum Gasteiger partial charge on any atom is -0.198 e. The Morgan fingerprint density at radius 3 is 2.94 bits per heavy atom. The van der Waals surface area contributed by atoms with E-state index in [-0.39, 0.29) is 0 Å². The van der Waals surface area contributed by atoms with Crippen molar-refractivity contribution in [1.29, 1.82) is 0 Å². The SMILES string of the molecule is Clc1nc2ncnn2c(Cl)c1-c1ccsc1. The van der Waals surface area contributed by atoms with Crippen molar-refractivity contribution in [3.63, 3.8) is 0 Å². The molecular weight excluding hydrogens is 267 g/mol. The topological polar surface area (TPSA) is 43.1 Å². The van der Waals surface area contributed by atoms with Crippen LogP contribution in [0.1, 0.15) is 0 Å². The van der Waals surface area contributed by atoms with Gasteiger partial charge in [-0.3, -0.25) is 0 Å². The molecule has 0 spiro atoms. The maximum Gasteiger partial charge on any atom is 0.255 e. The van der Waals surface area contributed by atoms with E-state index in [1.165, 1.54) is 10.8 Å². The van der Waals surface area contributed by atoms with Crippen molar-refractivity contribution >= 4 is 40.3 Å². The van der Waals surface area contributed by atoms with Gasteiger partial charge in [-0.05, 0) is 22.4 Å². The minimum absolute atomic E-state index is 0.337. The Balaban J connectivity index is 2.39. The summed E-state index contributed by atoms with van der Waals surface area (Å²) in [6.45, 7) is 0. The molecule has 0 aliphatic heterocycles. The largest absolute Gasteiger partial charge is 0.255 e. The predicted molar refractivity (Wildman–Crippen MR) is 64.1 cm³/mol. The van der Waals surface area contributed by atoms with Crippen molar-refractivity contribution in [3.8, 4) is 11.1 Å². The van der Waals surface area contributed by atoms with Gasteiger partial charge in [0.15, 0.2) is 0 Å². The fourth-order valence-corrected chi connectivity index (χ4v) is 2.72. The first kappa shape index (κ1) is 10.0. The summed E-state index contributed by atoms with van der Waals surface area (Å²) in [6.07, 6.45) is 1.39. The summed E-state index contributed by atoms with van der Waals surface area (Å²) in [6, 6.07) is 1.93. The quantitative estimate of drug-likeness (QED) is 0.638. The normalized spacial score (nSPS) is 11.1. The first-order chi connectivity index (χ1) is 7.77. The molecular formula is C9H4Cl2N4S. The summed E-state index contributed by atoms with van der Waals surface area (Å²) in [5.74, 6) is 0.397. The summed E-state index contributed by atoms with van der Waals surface area (Å²) in [5.41, 5.74) is 1.62. The van der Waals surface area contributed by atoms with Gasteiger partial charge in [0, 0.05) is 0 Å². The fraction of sp³-hybridized carbons (Fsp3) is 0. The van der Waals surface area contributed by atoms with Crippen LogP contribution in [0.25, 0.3) is 16.9 Å². The average molecular weight is 271 g/mol. The van der Waals surface area contributed by atoms with Gasteiger partial charge in [-0.25, -0.2) is 0 Å². The summed E-state index contributed by atoms with van der Waals surface area (Å²) in [4.78, 5) is 8.06. The number of halogens is 2. The highest BCUT2D eigenvalue weighted by atomic mass is 35.5. The molecule has 0 unspecified atom stereocenters. The van der Waals surface area contributed by atoms with E-state index in [0.29, 0.717) is 21.6 Å². The fourth-order valence-electron chi connectivity index (χ4n) is 1.43. The van der Waals surface area contributed by atoms with Crippen LogP contribution in [0.3, 0.4) is 0 Å². The van der Waals surface area contributed by atoms with Crippen LogP contribution in [0.4, 0.5) is 0 Å². The molecule has 80 valence electrons. The zero-order chi connectivity index (χ0) is 11.1. The second kappa shape index (κ2) is 3.69. The molecule has 3 rings (SSSR count). The Hall–Kier alpha value is -1.17. The summed E-state index contributed by atoms with van der Waals surface area (Å²) >= 11 is 13.9. The van der Waals surface area contributed by atoms with Crippen LogP contribution in [0, 0.1) is 0 Å². The van der Waals surface area contributed by atoms with Crippen LogP contribution < -0.4 is 0 Å². The molecule has 0 aromatic carbocycles. The smallest absolute Gasteiger partial charge is 0.198 e. The van der Waals surface area contributed by atoms with Crippen molar-refractivity contribution < 1.29 is 0 Å². The average Bonchev–Trinajstić information content (AvgIpc) is 2.87. The number of hydrogen-bond acceptors (Lipinski definition) is 4. The minimum atomic E-state index is 0.337. The highest BCUT2D eigenvalue weighted by molar-refractivity contribution is 7.08. The zero-order valence-electron chi connectivity index (χ0n) is 7.76. The first-order valence-electron chi connectivity index (χ1n) is 4.34. The van der Waals surface area contributed by atoms with Gasteiger partial charge in [0.2, 0.25) is 0 Å². The molecule has 0 fully saturated rings. The summed E-state index contributed by atoms with van der Waals surface area (Å²) < 4.78 is 1.46. The Labute approximate surface area is 104 Å². The van der Waals surface area contributed by atoms with E-state index >= 15 is 0 Å². The Morgan fingerprint density at radius 2 is 2.19 bits per heavy atom. The molecule has 3 heterocycles. The summed E-state index contributed by atoms with van der Waals surface area (Å²) in [5, 5.41) is 8.65. The highest BCUT2D eigenvalue weighted by Gasteiger charge is 2.15. The highest BCUT2D eigenvalue weighted by Crippen LogP contribution is 2.34. The predicted octanol–water partition coefficient (Wildman–Crippen LogP) is 3.16. The molecule has 0 radical (unpaired) electrons. The van der Waals surface area contributed by atoms with E-state index in [1.807, 2.05) is 16.8 Å². The van der Waals surface area contributed by atoms with Crippen LogP contribution in [0.15, 0.2) is 23.2 Å². The lowest BCUT2D eigenvalue weighted by atomic mass is 10.2. The third-order valence-electron chi connectivity index (χ3n) is 2.14. The molecule has 0 aliphatic rings. The maximum atomic E-state index is 6.22. The van der Waals surface area contributed by atoms with Gasteiger partial charge in [-0.2, -0.15) is 30.9 Å². The van der Waals surface area contributed by atoms with Crippen molar-refractivity contribution in [2.45, 2.75) is 0 Å². The third kappa shape index (κ3) is 1.40. The van der Waals surface area contributed by atoms with E-state index in [0.717, 1.165) is 5.56 Å². The van der Waals surface area contributed by atoms with Crippen LogP contribution in [-0.4, -0.2) is 19.6 Å². The van der Waals surface area contributed by atoms with Crippen LogP contribution in [0.2, 0.25) is 10.3 Å². The standard InChI is InChI=1S/C9H4Cl2N4S/c10-7-6(5-1-2-16-3-5)8(11)15-9(14-7)12-4-13-15/h1-4H. The maximum absolute atomic E-state index is 6.22. The first-order valence-corrected chi connectivity index (χ1v) is 6.04. The molecule has 0 amide bonds. The lowest BCUT2D eigenvalue weighted by Gasteiger charge is -2.05. The molecule has 0 aliphatic carbocycles. The number of nitrogens with zero attached hydrogens (tertiary/aromatic N) is 4. The lowest BCUT2D eigenvalue weighted by molar-refractivity contribution is 0.942. The second-order valence-corrected chi connectivity index (χ2v) is 4.55. The lowest BCUT2D eigenvalue weighted by Crippen LogP contribution is -1.96. The summed E-state index contributed by atoms with van der Waals surface area (Å²) in [7, 11) is 0. The van der Waals surface area contributed by atoms with E-state index in [1.54, 1.807) is 11.3 Å². The Bertz CT molecular complexity index is 647. The molecule has 0 bridgehead atoms. The van der Waals surface area contributed by atoms with Gasteiger partial charge in [0.1, 0.15) is 16.6 Å². The van der Waals surface area contributed by atoms with Crippen molar-refractivity contribution in [2.24, 2.45) is 0 Å². The van der Waals surface area contributed by atoms with E-state index in [2.05, 4.69) is 15.1 Å². The number of thiophene rings is 1. The van der Waals surface area contributed by atoms with Crippen molar-refractivity contribution in [1.82, 2.24) is 19.6 Å². The van der Waals surface area contributed by atoms with Crippen molar-refractivity contribution in [2.75, 3.05) is 0 Å². The van der Waals surface area contributed by atoms with Crippen molar-refractivity contribution in [3.05, 3.63) is 33.5 Å². The molecule has 3 aromatic rings. The molecule has 16 heavy (non-hydrogen) atoms. The zero-order valence-corrected chi connectivity index (χ0v) is 10.1. The van der Waals surface area contributed by atoms with Gasteiger partial charge in [-0.1, -0.05) is 23.2 Å². The number of fused-ring (bicyclic) bond motifs is 1. The Kier molecular flexibility index (Phi) is 2.31. The molecule has 0 saturated carbocycles. The molecule has 0 atom stereocenters. The van der Waals surface area contributed by atoms with Gasteiger partial charge in [0.25, 0.3) is 5.78 Å². The van der Waals surface area contributed by atoms with Gasteiger partial charge < -0.3 is 0 Å². The molecule has 7 heteroatoms. The van der Waals surface area contributed by atoms with E-state index in [9.17, 15) is 0 Å². The molecule has 0 saturated heterocycles. The second-order valence-electron chi connectivity index (χ2n) is 3.05. The monoisotopic (exact) mass is 270 g/mol. The third-order valence-corrected chi connectivity index (χ3v) is 3.44. The van der Waals surface area contributed by atoms with E-state index in [4.69, 9.17) is 23.2 Å². The van der Waals surface area contributed by atoms with Gasteiger partial charge in [-0.15, -0.1) is 0 Å². The Morgan fingerprint density at radius 1 is 1.31 bits per heavy atom. The van der Waals surface area contributed by atoms with E-state index < -0.39 is 0 Å². The van der Waals surface area contributed by atoms with Crippen LogP contribution in [0.5, 0.6) is 0 Å². The number of aromatic nitrogens is 4. The molecule has 0 N–H and O–H groups in total. The molecule has 3 aromatic heterocycles. The van der Waals surface area contributed by atoms with Crippen LogP contribution in [-0.2, 0) is 0 Å².